The Kier molecular flexibility index (Phi) is 6.04. The number of imide groups is 1. The standard InChI is InChI=1S/C20H24F2N4O4/c1-11-5-7-20(8-6-11)18(29)26(19(30)25-20)10-15(27)24-16(17(28)23-2)12-3-4-13(21)14(22)9-12/h3-4,9,11,16H,5-8,10H2,1-2H3,(H,23,28)(H,24,27)(H,25,30). The molecule has 3 N–H and O–H groups in total. The molecule has 30 heavy (non-hydrogen) atoms. The molecule has 162 valence electrons. The maximum atomic E-state index is 13.6. The lowest BCUT2D eigenvalue weighted by molar-refractivity contribution is -0.136. The van der Waals surface area contributed by atoms with Gasteiger partial charge in [-0.05, 0) is 49.3 Å². The highest BCUT2D eigenvalue weighted by atomic mass is 19.2. The van der Waals surface area contributed by atoms with Crippen molar-refractivity contribution in [1.29, 1.82) is 0 Å². The van der Waals surface area contributed by atoms with Crippen LogP contribution in [-0.4, -0.2) is 47.8 Å². The van der Waals surface area contributed by atoms with Crippen molar-refractivity contribution in [3.05, 3.63) is 35.4 Å². The maximum Gasteiger partial charge on any atom is 0.325 e. The Balaban J connectivity index is 1.72. The van der Waals surface area contributed by atoms with Gasteiger partial charge >= 0.3 is 6.03 Å². The molecular weight excluding hydrogens is 398 g/mol. The van der Waals surface area contributed by atoms with Gasteiger partial charge in [0.2, 0.25) is 11.8 Å². The van der Waals surface area contributed by atoms with Crippen molar-refractivity contribution in [2.24, 2.45) is 5.92 Å². The summed E-state index contributed by atoms with van der Waals surface area (Å²) in [6, 6.07) is 0.848. The summed E-state index contributed by atoms with van der Waals surface area (Å²) in [6.45, 7) is 1.50. The van der Waals surface area contributed by atoms with E-state index in [-0.39, 0.29) is 5.56 Å². The van der Waals surface area contributed by atoms with Crippen molar-refractivity contribution in [3.8, 4) is 0 Å². The van der Waals surface area contributed by atoms with E-state index in [9.17, 15) is 28.0 Å². The predicted molar refractivity (Wildman–Crippen MR) is 102 cm³/mol. The molecule has 0 radical (unpaired) electrons. The second kappa shape index (κ2) is 8.37. The smallest absolute Gasteiger partial charge is 0.325 e. The van der Waals surface area contributed by atoms with Gasteiger partial charge in [-0.15, -0.1) is 0 Å². The van der Waals surface area contributed by atoms with Crippen LogP contribution in [0.2, 0.25) is 0 Å². The zero-order chi connectivity index (χ0) is 22.1. The SMILES string of the molecule is CNC(=O)C(NC(=O)CN1C(=O)NC2(CCC(C)CC2)C1=O)c1ccc(F)c(F)c1. The molecule has 5 amide bonds. The van der Waals surface area contributed by atoms with Gasteiger partial charge in [0.25, 0.3) is 5.91 Å². The van der Waals surface area contributed by atoms with E-state index in [4.69, 9.17) is 0 Å². The largest absolute Gasteiger partial charge is 0.357 e. The van der Waals surface area contributed by atoms with Crippen LogP contribution < -0.4 is 16.0 Å². The van der Waals surface area contributed by atoms with E-state index >= 15 is 0 Å². The molecule has 1 aliphatic carbocycles. The van der Waals surface area contributed by atoms with Gasteiger partial charge in [-0.25, -0.2) is 13.6 Å². The Labute approximate surface area is 172 Å². The third-order valence-corrected chi connectivity index (χ3v) is 5.77. The molecule has 1 atom stereocenters. The van der Waals surface area contributed by atoms with E-state index in [1.165, 1.54) is 13.1 Å². The summed E-state index contributed by atoms with van der Waals surface area (Å²) in [5.41, 5.74) is -0.957. The van der Waals surface area contributed by atoms with Gasteiger partial charge in [0.15, 0.2) is 11.6 Å². The van der Waals surface area contributed by atoms with Crippen LogP contribution in [0.4, 0.5) is 13.6 Å². The first-order valence-electron chi connectivity index (χ1n) is 9.77. The van der Waals surface area contributed by atoms with Gasteiger partial charge in [-0.3, -0.25) is 19.3 Å². The Hall–Kier alpha value is -3.04. The lowest BCUT2D eigenvalue weighted by Crippen LogP contribution is -2.50. The predicted octanol–water partition coefficient (Wildman–Crippen LogP) is 1.37. The summed E-state index contributed by atoms with van der Waals surface area (Å²) in [7, 11) is 1.33. The molecular formula is C20H24F2N4O4. The molecule has 0 aromatic heterocycles. The summed E-state index contributed by atoms with van der Waals surface area (Å²) in [5, 5.41) is 7.43. The minimum Gasteiger partial charge on any atom is -0.357 e. The molecule has 1 aromatic carbocycles. The van der Waals surface area contributed by atoms with Gasteiger partial charge in [0, 0.05) is 7.05 Å². The fourth-order valence-corrected chi connectivity index (χ4v) is 3.90. The molecule has 2 aliphatic rings. The number of carbonyl (C=O) groups is 4. The van der Waals surface area contributed by atoms with Crippen molar-refractivity contribution in [2.45, 2.75) is 44.2 Å². The number of hydrogen-bond acceptors (Lipinski definition) is 4. The lowest BCUT2D eigenvalue weighted by Gasteiger charge is -2.33. The average Bonchev–Trinajstić information content (AvgIpc) is 2.94. The molecule has 0 bridgehead atoms. The van der Waals surface area contributed by atoms with Crippen LogP contribution in [0, 0.1) is 17.6 Å². The van der Waals surface area contributed by atoms with Crippen LogP contribution in [0.15, 0.2) is 18.2 Å². The molecule has 1 heterocycles. The van der Waals surface area contributed by atoms with E-state index in [0.29, 0.717) is 18.8 Å². The third kappa shape index (κ3) is 4.12. The van der Waals surface area contributed by atoms with Gasteiger partial charge in [0.1, 0.15) is 18.1 Å². The number of carbonyl (C=O) groups excluding carboxylic acids is 4. The highest BCUT2D eigenvalue weighted by Crippen LogP contribution is 2.36. The molecule has 8 nitrogen and oxygen atoms in total. The van der Waals surface area contributed by atoms with Gasteiger partial charge in [0.05, 0.1) is 0 Å². The third-order valence-electron chi connectivity index (χ3n) is 5.77. The minimum absolute atomic E-state index is 0.0246. The molecule has 1 aromatic rings. The summed E-state index contributed by atoms with van der Waals surface area (Å²) < 4.78 is 26.8. The van der Waals surface area contributed by atoms with Crippen molar-refractivity contribution in [1.82, 2.24) is 20.9 Å². The van der Waals surface area contributed by atoms with Crippen molar-refractivity contribution >= 4 is 23.8 Å². The van der Waals surface area contributed by atoms with Gasteiger partial charge in [-0.2, -0.15) is 0 Å². The molecule has 3 rings (SSSR count). The number of nitrogens with one attached hydrogen (secondary N) is 3. The Morgan fingerprint density at radius 1 is 1.23 bits per heavy atom. The van der Waals surface area contributed by atoms with E-state index < -0.39 is 53.5 Å². The minimum atomic E-state index is -1.32. The van der Waals surface area contributed by atoms with Gasteiger partial charge in [-0.1, -0.05) is 13.0 Å². The first kappa shape index (κ1) is 21.7. The maximum absolute atomic E-state index is 13.6. The van der Waals surface area contributed by atoms with Crippen LogP contribution in [-0.2, 0) is 14.4 Å². The number of hydrogen-bond donors (Lipinski definition) is 3. The topological polar surface area (TPSA) is 108 Å². The Morgan fingerprint density at radius 2 is 1.90 bits per heavy atom. The number of amides is 5. The number of halogens is 2. The van der Waals surface area contributed by atoms with E-state index in [2.05, 4.69) is 22.9 Å². The molecule has 1 aliphatic heterocycles. The monoisotopic (exact) mass is 422 g/mol. The van der Waals surface area contributed by atoms with Crippen LogP contribution >= 0.6 is 0 Å². The molecule has 1 spiro atoms. The summed E-state index contributed by atoms with van der Waals surface area (Å²) in [6.07, 6.45) is 2.60. The normalized spacial score (nSPS) is 24.5. The molecule has 1 saturated carbocycles. The van der Waals surface area contributed by atoms with Crippen LogP contribution in [0.1, 0.15) is 44.2 Å². The highest BCUT2D eigenvalue weighted by Gasteiger charge is 2.52. The zero-order valence-electron chi connectivity index (χ0n) is 16.8. The number of urea groups is 1. The number of rotatable bonds is 5. The van der Waals surface area contributed by atoms with Crippen LogP contribution in [0.5, 0.6) is 0 Å². The average molecular weight is 422 g/mol. The lowest BCUT2D eigenvalue weighted by atomic mass is 9.77. The molecule has 1 unspecified atom stereocenters. The van der Waals surface area contributed by atoms with E-state index in [0.717, 1.165) is 29.9 Å². The molecule has 1 saturated heterocycles. The quantitative estimate of drug-likeness (QED) is 0.623. The molecule has 10 heteroatoms. The second-order valence-corrected chi connectivity index (χ2v) is 7.87. The fourth-order valence-electron chi connectivity index (χ4n) is 3.90. The fraction of sp³-hybridized carbons (Fsp3) is 0.500. The first-order valence-corrected chi connectivity index (χ1v) is 9.77. The van der Waals surface area contributed by atoms with Gasteiger partial charge < -0.3 is 16.0 Å². The highest BCUT2D eigenvalue weighted by molar-refractivity contribution is 6.09. The first-order chi connectivity index (χ1) is 14.2. The number of nitrogens with zero attached hydrogens (tertiary/aromatic N) is 1. The summed E-state index contributed by atoms with van der Waals surface area (Å²) >= 11 is 0. The summed E-state index contributed by atoms with van der Waals surface area (Å²) in [5.74, 6) is -3.70. The number of likely N-dealkylation sites (N-methyl/N-ethyl adjacent to an activating group) is 1. The van der Waals surface area contributed by atoms with E-state index in [1.54, 1.807) is 0 Å². The summed E-state index contributed by atoms with van der Waals surface area (Å²) in [4.78, 5) is 50.7. The van der Waals surface area contributed by atoms with Crippen LogP contribution in [0.3, 0.4) is 0 Å². The van der Waals surface area contributed by atoms with Crippen molar-refractivity contribution < 1.29 is 28.0 Å². The second-order valence-electron chi connectivity index (χ2n) is 7.87. The van der Waals surface area contributed by atoms with Crippen molar-refractivity contribution in [2.75, 3.05) is 13.6 Å². The Bertz CT molecular complexity index is 884. The zero-order valence-corrected chi connectivity index (χ0v) is 16.8. The molecule has 2 fully saturated rings. The van der Waals surface area contributed by atoms with Crippen molar-refractivity contribution in [3.63, 3.8) is 0 Å². The van der Waals surface area contributed by atoms with E-state index in [1.807, 2.05) is 0 Å². The Morgan fingerprint density at radius 3 is 2.50 bits per heavy atom. The van der Waals surface area contributed by atoms with Crippen LogP contribution in [0.25, 0.3) is 0 Å². The number of benzene rings is 1.